The topological polar surface area (TPSA) is 29.5 Å². The summed E-state index contributed by atoms with van der Waals surface area (Å²) in [6.45, 7) is 6.40. The third-order valence-corrected chi connectivity index (χ3v) is 6.35. The van der Waals surface area contributed by atoms with Crippen LogP contribution < -0.4 is 0 Å². The van der Waals surface area contributed by atoms with Crippen molar-refractivity contribution in [3.05, 3.63) is 34.9 Å². The Morgan fingerprint density at radius 3 is 2.88 bits per heavy atom. The Morgan fingerprint density at radius 1 is 1.25 bits per heavy atom. The second-order valence-electron chi connectivity index (χ2n) is 8.38. The largest absolute Gasteiger partial charge is 0.396 e. The summed E-state index contributed by atoms with van der Waals surface area (Å²) >= 11 is 0. The molecule has 3 atom stereocenters. The van der Waals surface area contributed by atoms with E-state index in [1.165, 1.54) is 44.1 Å². The molecule has 2 aliphatic carbocycles. The van der Waals surface area contributed by atoms with Crippen LogP contribution in [-0.2, 0) is 17.6 Å². The maximum absolute atomic E-state index is 9.61. The van der Waals surface area contributed by atoms with Gasteiger partial charge in [0.2, 0.25) is 0 Å². The van der Waals surface area contributed by atoms with E-state index in [0.717, 1.165) is 32.0 Å². The first-order valence-electron chi connectivity index (χ1n) is 9.94. The lowest BCUT2D eigenvalue weighted by molar-refractivity contribution is 0.138. The van der Waals surface area contributed by atoms with Crippen LogP contribution >= 0.6 is 0 Å². The molecule has 0 spiro atoms. The molecule has 1 saturated carbocycles. The van der Waals surface area contributed by atoms with Gasteiger partial charge in [-0.25, -0.2) is 0 Å². The molecule has 2 nitrogen and oxygen atoms in total. The Balaban J connectivity index is 1.58. The molecule has 0 aromatic heterocycles. The van der Waals surface area contributed by atoms with Crippen molar-refractivity contribution in [2.75, 3.05) is 19.8 Å². The minimum absolute atomic E-state index is 0.145. The van der Waals surface area contributed by atoms with Crippen LogP contribution in [0.5, 0.6) is 0 Å². The van der Waals surface area contributed by atoms with Gasteiger partial charge in [-0.05, 0) is 92.2 Å². The number of aliphatic hydroxyl groups is 1. The molecule has 0 saturated heterocycles. The third kappa shape index (κ3) is 4.21. The number of rotatable bonds is 7. The molecule has 1 fully saturated rings. The van der Waals surface area contributed by atoms with Gasteiger partial charge in [-0.15, -0.1) is 0 Å². The summed E-state index contributed by atoms with van der Waals surface area (Å²) in [5.41, 5.74) is 4.83. The van der Waals surface area contributed by atoms with Gasteiger partial charge in [-0.2, -0.15) is 0 Å². The van der Waals surface area contributed by atoms with Crippen molar-refractivity contribution in [3.8, 4) is 0 Å². The number of ether oxygens (including phenoxy) is 1. The van der Waals surface area contributed by atoms with Crippen LogP contribution in [0.4, 0.5) is 0 Å². The molecule has 2 aliphatic rings. The van der Waals surface area contributed by atoms with Crippen molar-refractivity contribution in [2.45, 2.75) is 71.1 Å². The highest BCUT2D eigenvalue weighted by molar-refractivity contribution is 5.36. The molecule has 24 heavy (non-hydrogen) atoms. The van der Waals surface area contributed by atoms with Gasteiger partial charge in [0.25, 0.3) is 0 Å². The highest BCUT2D eigenvalue weighted by atomic mass is 16.5. The lowest BCUT2D eigenvalue weighted by Crippen LogP contribution is -2.17. The molecule has 2 heteroatoms. The van der Waals surface area contributed by atoms with Crippen LogP contribution in [0.25, 0.3) is 0 Å². The van der Waals surface area contributed by atoms with Gasteiger partial charge in [0.15, 0.2) is 0 Å². The van der Waals surface area contributed by atoms with Gasteiger partial charge in [0.05, 0.1) is 0 Å². The Morgan fingerprint density at radius 2 is 2.12 bits per heavy atom. The minimum atomic E-state index is 0.145. The van der Waals surface area contributed by atoms with Crippen molar-refractivity contribution in [3.63, 3.8) is 0 Å². The fraction of sp³-hybridized carbons (Fsp3) is 0.727. The predicted octanol–water partition coefficient (Wildman–Crippen LogP) is 4.87. The first-order valence-corrected chi connectivity index (χ1v) is 9.94. The van der Waals surface area contributed by atoms with Crippen molar-refractivity contribution in [1.82, 2.24) is 0 Å². The molecule has 0 heterocycles. The number of hydrogen-bond donors (Lipinski definition) is 1. The fourth-order valence-corrected chi connectivity index (χ4v) is 4.72. The summed E-state index contributed by atoms with van der Waals surface area (Å²) < 4.78 is 5.47. The predicted molar refractivity (Wildman–Crippen MR) is 99.5 cm³/mol. The van der Waals surface area contributed by atoms with E-state index in [1.807, 2.05) is 0 Å². The van der Waals surface area contributed by atoms with Crippen LogP contribution in [0.3, 0.4) is 0 Å². The first-order chi connectivity index (χ1) is 11.6. The monoisotopic (exact) mass is 330 g/mol. The van der Waals surface area contributed by atoms with E-state index in [2.05, 4.69) is 32.0 Å². The highest BCUT2D eigenvalue weighted by Crippen LogP contribution is 2.46. The van der Waals surface area contributed by atoms with Crippen LogP contribution in [-0.4, -0.2) is 24.9 Å². The Bertz CT molecular complexity index is 539. The number of aryl methyl sites for hydroxylation is 1. The maximum Gasteiger partial charge on any atom is 0.0484 e. The van der Waals surface area contributed by atoms with E-state index in [0.29, 0.717) is 12.5 Å². The van der Waals surface area contributed by atoms with Crippen LogP contribution in [0.15, 0.2) is 18.2 Å². The fourth-order valence-electron chi connectivity index (χ4n) is 4.72. The zero-order valence-corrected chi connectivity index (χ0v) is 15.5. The number of benzene rings is 1. The number of hydrogen-bond acceptors (Lipinski definition) is 2. The molecule has 0 bridgehead atoms. The maximum atomic E-state index is 9.61. The molecular weight excluding hydrogens is 296 g/mol. The molecule has 134 valence electrons. The van der Waals surface area contributed by atoms with Crippen molar-refractivity contribution < 1.29 is 9.84 Å². The van der Waals surface area contributed by atoms with E-state index in [1.54, 1.807) is 11.1 Å². The summed E-state index contributed by atoms with van der Waals surface area (Å²) in [4.78, 5) is 0. The second kappa shape index (κ2) is 8.01. The average Bonchev–Trinajstić information content (AvgIpc) is 3.01. The molecule has 0 unspecified atom stereocenters. The summed E-state index contributed by atoms with van der Waals surface area (Å²) in [6.07, 6.45) is 9.87. The SMILES string of the molecule is CCOCCC[C@@H]1CCc2cc([C@H]3CC[C@](C)(CO)C3)ccc2C1. The van der Waals surface area contributed by atoms with Crippen molar-refractivity contribution >= 4 is 0 Å². The van der Waals surface area contributed by atoms with Crippen molar-refractivity contribution in [1.29, 1.82) is 0 Å². The second-order valence-corrected chi connectivity index (χ2v) is 8.38. The van der Waals surface area contributed by atoms with Gasteiger partial charge in [0.1, 0.15) is 0 Å². The highest BCUT2D eigenvalue weighted by Gasteiger charge is 2.35. The van der Waals surface area contributed by atoms with E-state index in [9.17, 15) is 5.11 Å². The molecule has 1 aromatic carbocycles. The van der Waals surface area contributed by atoms with E-state index < -0.39 is 0 Å². The zero-order chi connectivity index (χ0) is 17.0. The molecule has 0 amide bonds. The summed E-state index contributed by atoms with van der Waals surface area (Å²) in [7, 11) is 0. The lowest BCUT2D eigenvalue weighted by atomic mass is 9.79. The third-order valence-electron chi connectivity index (χ3n) is 6.35. The molecule has 3 rings (SSSR count). The van der Waals surface area contributed by atoms with Gasteiger partial charge in [-0.3, -0.25) is 0 Å². The molecule has 0 radical (unpaired) electrons. The summed E-state index contributed by atoms with van der Waals surface area (Å²) in [5.74, 6) is 1.49. The quantitative estimate of drug-likeness (QED) is 0.722. The minimum Gasteiger partial charge on any atom is -0.396 e. The molecular formula is C22H34O2. The van der Waals surface area contributed by atoms with E-state index in [4.69, 9.17) is 4.74 Å². The smallest absolute Gasteiger partial charge is 0.0484 e. The van der Waals surface area contributed by atoms with Crippen molar-refractivity contribution in [2.24, 2.45) is 11.3 Å². The van der Waals surface area contributed by atoms with E-state index >= 15 is 0 Å². The Kier molecular flexibility index (Phi) is 5.99. The standard InChI is InChI=1S/C22H34O2/c1-3-24-12-4-5-17-6-7-19-14-20(9-8-18(19)13-17)21-10-11-22(2,15-21)16-23/h8-9,14,17,21,23H,3-7,10-13,15-16H2,1-2H3/t17-,21+,22+/m1/s1. The first kappa shape index (κ1) is 17.9. The van der Waals surface area contributed by atoms with Gasteiger partial charge in [-0.1, -0.05) is 25.1 Å². The number of fused-ring (bicyclic) bond motifs is 1. The molecule has 1 N–H and O–H groups in total. The summed E-state index contributed by atoms with van der Waals surface area (Å²) in [6, 6.07) is 7.25. The van der Waals surface area contributed by atoms with Crippen LogP contribution in [0.2, 0.25) is 0 Å². The molecule has 0 aliphatic heterocycles. The van der Waals surface area contributed by atoms with Gasteiger partial charge < -0.3 is 9.84 Å². The Labute approximate surface area is 147 Å². The normalized spacial score (nSPS) is 29.6. The zero-order valence-electron chi connectivity index (χ0n) is 15.5. The van der Waals surface area contributed by atoms with Gasteiger partial charge >= 0.3 is 0 Å². The van der Waals surface area contributed by atoms with Crippen LogP contribution in [0, 0.1) is 11.3 Å². The Hall–Kier alpha value is -0.860. The molecule has 1 aromatic rings. The van der Waals surface area contributed by atoms with Crippen LogP contribution in [0.1, 0.15) is 75.0 Å². The lowest BCUT2D eigenvalue weighted by Gasteiger charge is -2.26. The summed E-state index contributed by atoms with van der Waals surface area (Å²) in [5, 5.41) is 9.61. The number of aliphatic hydroxyl groups excluding tert-OH is 1. The van der Waals surface area contributed by atoms with E-state index in [-0.39, 0.29) is 5.41 Å². The average molecular weight is 331 g/mol. The van der Waals surface area contributed by atoms with Gasteiger partial charge in [0, 0.05) is 19.8 Å².